The number of carboxylic acids is 1. The molecule has 1 amide bonds. The number of amides is 1. The van der Waals surface area contributed by atoms with Gasteiger partial charge < -0.3 is 20.1 Å². The molecule has 1 fully saturated rings. The van der Waals surface area contributed by atoms with Crippen LogP contribution in [0, 0.1) is 5.82 Å². The third-order valence-electron chi connectivity index (χ3n) is 4.60. The van der Waals surface area contributed by atoms with Gasteiger partial charge in [-0.3, -0.25) is 9.59 Å². The standard InChI is InChI=1S/C17H19FN2O4/c1-24-13-5-4-11(18)15-10(13)8-12(19-15)16(23)20-17(9-14(21)22)6-2-3-7-17/h4-5,8,19H,2-3,6-7,9H2,1H3,(H,20,23)(H,21,22). The summed E-state index contributed by atoms with van der Waals surface area (Å²) in [6.07, 6.45) is 2.90. The number of hydrogen-bond donors (Lipinski definition) is 3. The molecule has 1 aromatic heterocycles. The van der Waals surface area contributed by atoms with Crippen LogP contribution < -0.4 is 10.1 Å². The highest BCUT2D eigenvalue weighted by atomic mass is 19.1. The number of ether oxygens (including phenoxy) is 1. The number of methoxy groups -OCH3 is 1. The maximum absolute atomic E-state index is 13.9. The third kappa shape index (κ3) is 2.93. The van der Waals surface area contributed by atoms with Crippen LogP contribution in [0.25, 0.3) is 10.9 Å². The van der Waals surface area contributed by atoms with Gasteiger partial charge in [-0.05, 0) is 31.0 Å². The molecule has 0 radical (unpaired) electrons. The molecule has 128 valence electrons. The molecule has 2 aromatic rings. The molecule has 0 bridgehead atoms. The molecule has 1 aromatic carbocycles. The lowest BCUT2D eigenvalue weighted by Gasteiger charge is -2.28. The smallest absolute Gasteiger partial charge is 0.305 e. The topological polar surface area (TPSA) is 91.4 Å². The second-order valence-electron chi connectivity index (χ2n) is 6.23. The van der Waals surface area contributed by atoms with Gasteiger partial charge in [0.2, 0.25) is 0 Å². The molecule has 3 N–H and O–H groups in total. The Kier molecular flexibility index (Phi) is 4.17. The highest BCUT2D eigenvalue weighted by Crippen LogP contribution is 2.33. The van der Waals surface area contributed by atoms with Crippen molar-refractivity contribution in [2.75, 3.05) is 7.11 Å². The molecule has 3 rings (SSSR count). The largest absolute Gasteiger partial charge is 0.496 e. The van der Waals surface area contributed by atoms with Crippen LogP contribution >= 0.6 is 0 Å². The maximum atomic E-state index is 13.9. The summed E-state index contributed by atoms with van der Waals surface area (Å²) < 4.78 is 19.1. The summed E-state index contributed by atoms with van der Waals surface area (Å²) in [6, 6.07) is 4.29. The number of aliphatic carboxylic acids is 1. The second kappa shape index (κ2) is 6.14. The quantitative estimate of drug-likeness (QED) is 0.784. The van der Waals surface area contributed by atoms with Crippen LogP contribution in [0.1, 0.15) is 42.6 Å². The SMILES string of the molecule is COc1ccc(F)c2[nH]c(C(=O)NC3(CC(=O)O)CCCC3)cc12. The molecule has 0 spiro atoms. The van der Waals surface area contributed by atoms with Crippen LogP contribution in [-0.2, 0) is 4.79 Å². The second-order valence-corrected chi connectivity index (χ2v) is 6.23. The van der Waals surface area contributed by atoms with Gasteiger partial charge in [-0.15, -0.1) is 0 Å². The van der Waals surface area contributed by atoms with Crippen molar-refractivity contribution in [2.24, 2.45) is 0 Å². The van der Waals surface area contributed by atoms with Crippen molar-refractivity contribution in [1.29, 1.82) is 0 Å². The van der Waals surface area contributed by atoms with E-state index in [1.807, 2.05) is 0 Å². The minimum atomic E-state index is -0.943. The lowest BCUT2D eigenvalue weighted by atomic mass is 9.93. The number of halogens is 1. The zero-order valence-electron chi connectivity index (χ0n) is 13.3. The molecule has 7 heteroatoms. The van der Waals surface area contributed by atoms with E-state index in [-0.39, 0.29) is 17.6 Å². The van der Waals surface area contributed by atoms with E-state index in [1.54, 1.807) is 0 Å². The summed E-state index contributed by atoms with van der Waals surface area (Å²) in [4.78, 5) is 26.5. The first-order chi connectivity index (χ1) is 11.4. The normalized spacial score (nSPS) is 16.2. The Morgan fingerprint density at radius 1 is 1.38 bits per heavy atom. The van der Waals surface area contributed by atoms with Crippen LogP contribution in [0.5, 0.6) is 5.75 Å². The first-order valence-electron chi connectivity index (χ1n) is 7.84. The van der Waals surface area contributed by atoms with Gasteiger partial charge in [-0.2, -0.15) is 0 Å². The van der Waals surface area contributed by atoms with Gasteiger partial charge >= 0.3 is 5.97 Å². The minimum Gasteiger partial charge on any atom is -0.496 e. The lowest BCUT2D eigenvalue weighted by molar-refractivity contribution is -0.138. The highest BCUT2D eigenvalue weighted by Gasteiger charge is 2.38. The third-order valence-corrected chi connectivity index (χ3v) is 4.60. The molecule has 6 nitrogen and oxygen atoms in total. The van der Waals surface area contributed by atoms with Crippen LogP contribution in [0.2, 0.25) is 0 Å². The van der Waals surface area contributed by atoms with Crippen molar-refractivity contribution in [3.05, 3.63) is 29.7 Å². The number of H-pyrrole nitrogens is 1. The van der Waals surface area contributed by atoms with Gasteiger partial charge in [0.05, 0.1) is 24.6 Å². The molecular weight excluding hydrogens is 315 g/mol. The number of carbonyl (C=O) groups excluding carboxylic acids is 1. The average molecular weight is 334 g/mol. The van der Waals surface area contributed by atoms with Crippen molar-refractivity contribution >= 4 is 22.8 Å². The van der Waals surface area contributed by atoms with Crippen LogP contribution in [-0.4, -0.2) is 34.6 Å². The van der Waals surface area contributed by atoms with E-state index in [0.29, 0.717) is 24.0 Å². The van der Waals surface area contributed by atoms with Gasteiger partial charge in [-0.1, -0.05) is 12.8 Å². The zero-order valence-corrected chi connectivity index (χ0v) is 13.3. The van der Waals surface area contributed by atoms with E-state index < -0.39 is 23.2 Å². The number of fused-ring (bicyclic) bond motifs is 1. The molecule has 1 aliphatic carbocycles. The highest BCUT2D eigenvalue weighted by molar-refractivity contribution is 6.00. The van der Waals surface area contributed by atoms with Gasteiger partial charge in [0, 0.05) is 5.39 Å². The molecule has 1 aliphatic rings. The van der Waals surface area contributed by atoms with Gasteiger partial charge in [0.15, 0.2) is 0 Å². The Balaban J connectivity index is 1.91. The summed E-state index contributed by atoms with van der Waals surface area (Å²) in [6.45, 7) is 0. The molecule has 0 atom stereocenters. The van der Waals surface area contributed by atoms with Crippen molar-refractivity contribution in [3.8, 4) is 5.75 Å². The molecule has 0 saturated heterocycles. The molecule has 1 saturated carbocycles. The molecule has 24 heavy (non-hydrogen) atoms. The Morgan fingerprint density at radius 3 is 2.71 bits per heavy atom. The minimum absolute atomic E-state index is 0.114. The maximum Gasteiger partial charge on any atom is 0.305 e. The van der Waals surface area contributed by atoms with Crippen LogP contribution in [0.3, 0.4) is 0 Å². The molecule has 1 heterocycles. The number of aromatic nitrogens is 1. The Bertz CT molecular complexity index is 793. The van der Waals surface area contributed by atoms with E-state index >= 15 is 0 Å². The number of aromatic amines is 1. The summed E-state index contributed by atoms with van der Waals surface area (Å²) in [5, 5.41) is 12.4. The van der Waals surface area contributed by atoms with E-state index in [4.69, 9.17) is 9.84 Å². The van der Waals surface area contributed by atoms with Crippen molar-refractivity contribution in [2.45, 2.75) is 37.6 Å². The Morgan fingerprint density at radius 2 is 2.08 bits per heavy atom. The summed E-state index contributed by atoms with van der Waals surface area (Å²) in [5.41, 5.74) is -0.355. The average Bonchev–Trinajstić information content (AvgIpc) is 3.15. The Hall–Kier alpha value is -2.57. The van der Waals surface area contributed by atoms with E-state index in [2.05, 4.69) is 10.3 Å². The van der Waals surface area contributed by atoms with E-state index in [1.165, 1.54) is 25.3 Å². The van der Waals surface area contributed by atoms with Crippen molar-refractivity contribution < 1.29 is 23.8 Å². The molecule has 0 aliphatic heterocycles. The van der Waals surface area contributed by atoms with Crippen molar-refractivity contribution in [1.82, 2.24) is 10.3 Å². The number of nitrogens with one attached hydrogen (secondary N) is 2. The Labute approximate surface area is 138 Å². The number of benzene rings is 1. The van der Waals surface area contributed by atoms with Gasteiger partial charge in [-0.25, -0.2) is 4.39 Å². The summed E-state index contributed by atoms with van der Waals surface area (Å²) in [7, 11) is 1.47. The van der Waals surface area contributed by atoms with Gasteiger partial charge in [0.25, 0.3) is 5.91 Å². The number of carbonyl (C=O) groups is 2. The van der Waals surface area contributed by atoms with Crippen LogP contribution in [0.15, 0.2) is 18.2 Å². The predicted molar refractivity (Wildman–Crippen MR) is 85.7 cm³/mol. The van der Waals surface area contributed by atoms with Crippen molar-refractivity contribution in [3.63, 3.8) is 0 Å². The molecule has 0 unspecified atom stereocenters. The summed E-state index contributed by atoms with van der Waals surface area (Å²) in [5.74, 6) is -1.40. The van der Waals surface area contributed by atoms with E-state index in [9.17, 15) is 14.0 Å². The monoisotopic (exact) mass is 334 g/mol. The van der Waals surface area contributed by atoms with Gasteiger partial charge in [0.1, 0.15) is 17.3 Å². The van der Waals surface area contributed by atoms with E-state index in [0.717, 1.165) is 12.8 Å². The fourth-order valence-electron chi connectivity index (χ4n) is 3.45. The first kappa shape index (κ1) is 16.3. The fourth-order valence-corrected chi connectivity index (χ4v) is 3.45. The predicted octanol–water partition coefficient (Wildman–Crippen LogP) is 2.83. The number of carboxylic acid groups (broad SMARTS) is 1. The number of hydrogen-bond acceptors (Lipinski definition) is 3. The molecular formula is C17H19FN2O4. The first-order valence-corrected chi connectivity index (χ1v) is 7.84. The van der Waals surface area contributed by atoms with Crippen LogP contribution in [0.4, 0.5) is 4.39 Å². The summed E-state index contributed by atoms with van der Waals surface area (Å²) >= 11 is 0. The number of rotatable bonds is 5. The fraction of sp³-hybridized carbons (Fsp3) is 0.412. The zero-order chi connectivity index (χ0) is 17.3. The lowest BCUT2D eigenvalue weighted by Crippen LogP contribution is -2.47.